The Kier molecular flexibility index (Phi) is 9.46. The van der Waals surface area contributed by atoms with Crippen molar-refractivity contribution in [1.82, 2.24) is 15.2 Å². The number of oxime groups is 1. The Morgan fingerprint density at radius 3 is 2.23 bits per heavy atom. The Morgan fingerprint density at radius 2 is 1.72 bits per heavy atom. The Hall–Kier alpha value is -4.68. The number of rotatable bonds is 10. The van der Waals surface area contributed by atoms with E-state index in [2.05, 4.69) is 19.6 Å². The molecular weight excluding hydrogens is 691 g/mol. The minimum Gasteiger partial charge on any atom is -0.448 e. The first-order valence-corrected chi connectivity index (χ1v) is 16.1. The van der Waals surface area contributed by atoms with Crippen molar-refractivity contribution in [2.24, 2.45) is 5.16 Å². The van der Waals surface area contributed by atoms with Crippen LogP contribution in [0.5, 0.6) is 0 Å². The summed E-state index contributed by atoms with van der Waals surface area (Å²) >= 11 is 6.96. The fourth-order valence-electron chi connectivity index (χ4n) is 4.98. The van der Waals surface area contributed by atoms with Gasteiger partial charge in [-0.25, -0.2) is 9.78 Å². The van der Waals surface area contributed by atoms with Crippen LogP contribution in [0.4, 0.5) is 18.3 Å². The van der Waals surface area contributed by atoms with Crippen molar-refractivity contribution >= 4 is 61.7 Å². The molecule has 1 aromatic heterocycles. The molecule has 2 aliphatic heterocycles. The summed E-state index contributed by atoms with van der Waals surface area (Å²) in [5, 5.41) is 6.07. The van der Waals surface area contributed by atoms with Gasteiger partial charge >= 0.3 is 21.6 Å². The highest BCUT2D eigenvalue weighted by Crippen LogP contribution is 2.41. The summed E-state index contributed by atoms with van der Waals surface area (Å²) in [6.07, 6.45) is -1.87. The third-order valence-corrected chi connectivity index (χ3v) is 9.09. The van der Waals surface area contributed by atoms with Crippen LogP contribution >= 0.6 is 22.9 Å². The second-order valence-corrected chi connectivity index (χ2v) is 13.1. The van der Waals surface area contributed by atoms with Gasteiger partial charge in [-0.2, -0.15) is 21.6 Å². The fraction of sp³-hybridized carbons (Fsp3) is 0.250. The molecule has 0 aliphatic carbocycles. The minimum atomic E-state index is -6.25. The quantitative estimate of drug-likeness (QED) is 0.0787. The van der Waals surface area contributed by atoms with Crippen molar-refractivity contribution in [3.05, 3.63) is 93.3 Å². The van der Waals surface area contributed by atoms with Crippen molar-refractivity contribution in [2.45, 2.75) is 36.5 Å². The summed E-state index contributed by atoms with van der Waals surface area (Å²) in [5.41, 5.74) is -0.667. The van der Waals surface area contributed by atoms with Gasteiger partial charge < -0.3 is 24.8 Å². The Bertz CT molecular complexity index is 1830. The molecule has 248 valence electrons. The molecule has 5 rings (SSSR count). The molecule has 1 fully saturated rings. The summed E-state index contributed by atoms with van der Waals surface area (Å²) < 4.78 is 74.1. The van der Waals surface area contributed by atoms with Crippen LogP contribution in [0.15, 0.2) is 77.3 Å². The standard InChI is InChI=1S/C28H23ClF3N5O8S2/c1-43-36-20(19-23(29)46-27(33)35-19)24(38)34-18-16-12-13-17(45-47(41,42)28(30,31)32)21(37(16)25(18)39)26(40)44-22(14-8-4-2-5-9-14)15-10-6-3-7-11-15/h2-11,16,18,22H,12-13H2,1H3,(H2,33,35)(H,34,38)/t16-,18+/m1/s1. The SMILES string of the molecule is CON=C(C(=O)N[C@@H]1C(=O)N2C(C(=O)OC(c3ccccc3)c3ccccc3)=C(OS(=O)(=O)C(F)(F)F)CC[C@H]12)c1nc(N)sc1Cl. The number of ether oxygens (including phenoxy) is 1. The lowest BCUT2D eigenvalue weighted by atomic mass is 9.85. The molecule has 47 heavy (non-hydrogen) atoms. The number of nitrogens with zero attached hydrogens (tertiary/aromatic N) is 3. The average Bonchev–Trinajstić information content (AvgIpc) is 3.37. The van der Waals surface area contributed by atoms with Gasteiger partial charge in [-0.15, -0.1) is 0 Å². The van der Waals surface area contributed by atoms with Gasteiger partial charge in [0, 0.05) is 6.42 Å². The zero-order valence-corrected chi connectivity index (χ0v) is 26.3. The van der Waals surface area contributed by atoms with Gasteiger partial charge in [0.15, 0.2) is 28.4 Å². The number of halogens is 4. The van der Waals surface area contributed by atoms with E-state index in [1.54, 1.807) is 60.7 Å². The van der Waals surface area contributed by atoms with Crippen LogP contribution in [0.1, 0.15) is 35.8 Å². The van der Waals surface area contributed by atoms with E-state index in [-0.39, 0.29) is 21.6 Å². The highest BCUT2D eigenvalue weighted by Gasteiger charge is 2.57. The maximum absolute atomic E-state index is 13.8. The first-order valence-electron chi connectivity index (χ1n) is 13.5. The molecular formula is C28H23ClF3N5O8S2. The van der Waals surface area contributed by atoms with Crippen LogP contribution in [0.2, 0.25) is 4.34 Å². The number of esters is 1. The molecule has 0 radical (unpaired) electrons. The molecule has 13 nitrogen and oxygen atoms in total. The first-order chi connectivity index (χ1) is 22.2. The number of hydrogen-bond acceptors (Lipinski definition) is 12. The van der Waals surface area contributed by atoms with Gasteiger partial charge in [-0.05, 0) is 17.5 Å². The number of amides is 2. The van der Waals surface area contributed by atoms with Crippen molar-refractivity contribution in [3.63, 3.8) is 0 Å². The van der Waals surface area contributed by atoms with E-state index in [9.17, 15) is 36.0 Å². The van der Waals surface area contributed by atoms with Crippen molar-refractivity contribution in [3.8, 4) is 0 Å². The van der Waals surface area contributed by atoms with E-state index >= 15 is 0 Å². The summed E-state index contributed by atoms with van der Waals surface area (Å²) in [4.78, 5) is 49.9. The number of fused-ring (bicyclic) bond motifs is 1. The van der Waals surface area contributed by atoms with Crippen LogP contribution in [0.25, 0.3) is 0 Å². The Balaban J connectivity index is 1.48. The van der Waals surface area contributed by atoms with Crippen molar-refractivity contribution < 1.29 is 49.7 Å². The maximum atomic E-state index is 13.8. The van der Waals surface area contributed by atoms with Gasteiger partial charge in [0.1, 0.15) is 23.2 Å². The molecule has 3 N–H and O–H groups in total. The number of hydrogen-bond donors (Lipinski definition) is 2. The monoisotopic (exact) mass is 713 g/mol. The lowest BCUT2D eigenvalue weighted by Crippen LogP contribution is -2.72. The van der Waals surface area contributed by atoms with E-state index in [1.165, 1.54) is 0 Å². The normalized spacial score (nSPS) is 18.4. The number of anilines is 1. The predicted octanol–water partition coefficient (Wildman–Crippen LogP) is 3.63. The second-order valence-electron chi connectivity index (χ2n) is 9.92. The molecule has 0 saturated carbocycles. The van der Waals surface area contributed by atoms with E-state index in [1.807, 2.05) is 0 Å². The van der Waals surface area contributed by atoms with Gasteiger partial charge in [0.05, 0.1) is 6.04 Å². The van der Waals surface area contributed by atoms with E-state index in [0.29, 0.717) is 11.1 Å². The molecule has 2 atom stereocenters. The first kappa shape index (κ1) is 33.7. The number of benzene rings is 2. The predicted molar refractivity (Wildman–Crippen MR) is 161 cm³/mol. The van der Waals surface area contributed by atoms with E-state index in [0.717, 1.165) is 23.3 Å². The summed E-state index contributed by atoms with van der Waals surface area (Å²) in [7, 11) is -5.10. The summed E-state index contributed by atoms with van der Waals surface area (Å²) in [5.74, 6) is -4.24. The smallest absolute Gasteiger partial charge is 0.448 e. The zero-order chi connectivity index (χ0) is 34.1. The molecule has 19 heteroatoms. The van der Waals surface area contributed by atoms with Gasteiger partial charge in [-0.3, -0.25) is 14.5 Å². The molecule has 2 aromatic carbocycles. The lowest BCUT2D eigenvalue weighted by Gasteiger charge is -2.49. The number of aromatic nitrogens is 1. The molecule has 1 saturated heterocycles. The highest BCUT2D eigenvalue weighted by atomic mass is 35.5. The topological polar surface area (TPSA) is 180 Å². The highest BCUT2D eigenvalue weighted by molar-refractivity contribution is 7.87. The van der Waals surface area contributed by atoms with Gasteiger partial charge in [0.2, 0.25) is 0 Å². The fourth-order valence-corrected chi connectivity index (χ4v) is 6.43. The number of nitrogen functional groups attached to an aromatic ring is 1. The molecule has 2 amide bonds. The summed E-state index contributed by atoms with van der Waals surface area (Å²) in [6, 6.07) is 14.3. The maximum Gasteiger partial charge on any atom is 0.534 e. The number of allylic oxidation sites excluding steroid dienone is 1. The number of β-lactam (4-membered cyclic amide) rings is 1. The third-order valence-electron chi connectivity index (χ3n) is 7.02. The average molecular weight is 714 g/mol. The Labute approximate surface area is 273 Å². The number of carbonyl (C=O) groups excluding carboxylic acids is 3. The zero-order valence-electron chi connectivity index (χ0n) is 23.9. The molecule has 0 bridgehead atoms. The van der Waals surface area contributed by atoms with Crippen LogP contribution in [0, 0.1) is 0 Å². The van der Waals surface area contributed by atoms with Gasteiger partial charge in [-0.1, -0.05) is 88.8 Å². The van der Waals surface area contributed by atoms with E-state index in [4.69, 9.17) is 26.9 Å². The number of alkyl halides is 3. The molecule has 2 aliphatic rings. The molecule has 3 heterocycles. The number of thiazole rings is 1. The van der Waals surface area contributed by atoms with Crippen LogP contribution in [-0.4, -0.2) is 66.5 Å². The minimum absolute atomic E-state index is 0.000283. The largest absolute Gasteiger partial charge is 0.534 e. The number of carbonyl (C=O) groups is 3. The van der Waals surface area contributed by atoms with Crippen LogP contribution in [-0.2, 0) is 38.3 Å². The molecule has 0 unspecified atom stereocenters. The molecule has 0 spiro atoms. The molecule has 3 aromatic rings. The van der Waals surface area contributed by atoms with Crippen LogP contribution < -0.4 is 11.1 Å². The van der Waals surface area contributed by atoms with Crippen LogP contribution in [0.3, 0.4) is 0 Å². The number of nitrogens with two attached hydrogens (primary N) is 1. The van der Waals surface area contributed by atoms with Crippen molar-refractivity contribution in [1.29, 1.82) is 0 Å². The Morgan fingerprint density at radius 1 is 1.13 bits per heavy atom. The van der Waals surface area contributed by atoms with E-state index < -0.39 is 75.2 Å². The summed E-state index contributed by atoms with van der Waals surface area (Å²) in [6.45, 7) is 0. The van der Waals surface area contributed by atoms with Gasteiger partial charge in [0.25, 0.3) is 11.8 Å². The lowest BCUT2D eigenvalue weighted by molar-refractivity contribution is -0.159. The second kappa shape index (κ2) is 13.2. The third kappa shape index (κ3) is 6.75. The van der Waals surface area contributed by atoms with Crippen molar-refractivity contribution in [2.75, 3.05) is 12.8 Å². The number of nitrogens with one attached hydrogen (secondary N) is 1.